The molecular weight excluding hydrogens is 302 g/mol. The molecule has 0 bridgehead atoms. The van der Waals surface area contributed by atoms with Gasteiger partial charge in [-0.25, -0.2) is 8.42 Å². The van der Waals surface area contributed by atoms with Crippen molar-refractivity contribution in [1.29, 1.82) is 0 Å². The topological polar surface area (TPSA) is 64.6 Å². The standard InChI is InChI=1S/C16H19NO4S/c1-12(2)21-15-8-10-16(11-9-15)22(18,19)17-13-4-6-14(20-3)7-5-13/h4-12,17H,1-3H3. The molecule has 2 aromatic carbocycles. The third-order valence-electron chi connectivity index (χ3n) is 2.85. The number of methoxy groups -OCH3 is 1. The first-order valence-corrected chi connectivity index (χ1v) is 8.32. The highest BCUT2D eigenvalue weighted by Gasteiger charge is 2.14. The van der Waals surface area contributed by atoms with Gasteiger partial charge in [0.1, 0.15) is 11.5 Å². The maximum Gasteiger partial charge on any atom is 0.261 e. The minimum Gasteiger partial charge on any atom is -0.497 e. The molecule has 0 fully saturated rings. The Morgan fingerprint density at radius 3 is 1.95 bits per heavy atom. The van der Waals surface area contributed by atoms with Crippen LogP contribution in [0.2, 0.25) is 0 Å². The molecule has 6 heteroatoms. The second kappa shape index (κ2) is 6.70. The van der Waals surface area contributed by atoms with Crippen LogP contribution < -0.4 is 14.2 Å². The van der Waals surface area contributed by atoms with Gasteiger partial charge in [-0.3, -0.25) is 4.72 Å². The van der Waals surface area contributed by atoms with Crippen LogP contribution in [0.3, 0.4) is 0 Å². The highest BCUT2D eigenvalue weighted by molar-refractivity contribution is 7.92. The van der Waals surface area contributed by atoms with E-state index in [1.54, 1.807) is 43.5 Å². The summed E-state index contributed by atoms with van der Waals surface area (Å²) in [6, 6.07) is 13.0. The fourth-order valence-corrected chi connectivity index (χ4v) is 2.90. The highest BCUT2D eigenvalue weighted by Crippen LogP contribution is 2.21. The van der Waals surface area contributed by atoms with E-state index in [9.17, 15) is 8.42 Å². The van der Waals surface area contributed by atoms with Crippen LogP contribution in [0.1, 0.15) is 13.8 Å². The fourth-order valence-electron chi connectivity index (χ4n) is 1.84. The lowest BCUT2D eigenvalue weighted by atomic mass is 10.3. The highest BCUT2D eigenvalue weighted by atomic mass is 32.2. The van der Waals surface area contributed by atoms with E-state index in [1.807, 2.05) is 13.8 Å². The van der Waals surface area contributed by atoms with Crippen molar-refractivity contribution in [2.45, 2.75) is 24.8 Å². The summed E-state index contributed by atoms with van der Waals surface area (Å²) in [4.78, 5) is 0.180. The molecule has 1 N–H and O–H groups in total. The predicted molar refractivity (Wildman–Crippen MR) is 86.0 cm³/mol. The van der Waals surface area contributed by atoms with E-state index in [2.05, 4.69) is 4.72 Å². The van der Waals surface area contributed by atoms with Crippen molar-refractivity contribution in [2.75, 3.05) is 11.8 Å². The lowest BCUT2D eigenvalue weighted by Gasteiger charge is -2.11. The minimum absolute atomic E-state index is 0.0416. The molecule has 0 aliphatic carbocycles. The lowest BCUT2D eigenvalue weighted by Crippen LogP contribution is -2.13. The average Bonchev–Trinajstić information content (AvgIpc) is 2.47. The minimum atomic E-state index is -3.62. The van der Waals surface area contributed by atoms with Crippen LogP contribution in [0.25, 0.3) is 0 Å². The van der Waals surface area contributed by atoms with Crippen molar-refractivity contribution in [3.8, 4) is 11.5 Å². The Balaban J connectivity index is 2.15. The Morgan fingerprint density at radius 1 is 0.909 bits per heavy atom. The van der Waals surface area contributed by atoms with Gasteiger partial charge < -0.3 is 9.47 Å². The maximum atomic E-state index is 12.3. The summed E-state index contributed by atoms with van der Waals surface area (Å²) in [5, 5.41) is 0. The maximum absolute atomic E-state index is 12.3. The number of rotatable bonds is 6. The van der Waals surface area contributed by atoms with Gasteiger partial charge in [-0.15, -0.1) is 0 Å². The molecular formula is C16H19NO4S. The lowest BCUT2D eigenvalue weighted by molar-refractivity contribution is 0.242. The van der Waals surface area contributed by atoms with E-state index in [-0.39, 0.29) is 11.0 Å². The molecule has 0 saturated carbocycles. The summed E-state index contributed by atoms with van der Waals surface area (Å²) < 4.78 is 37.7. The van der Waals surface area contributed by atoms with Gasteiger partial charge >= 0.3 is 0 Å². The number of hydrogen-bond acceptors (Lipinski definition) is 4. The molecule has 22 heavy (non-hydrogen) atoms. The summed E-state index contributed by atoms with van der Waals surface area (Å²) in [7, 11) is -2.07. The predicted octanol–water partition coefficient (Wildman–Crippen LogP) is 3.28. The Kier molecular flexibility index (Phi) is 4.92. The van der Waals surface area contributed by atoms with Crippen molar-refractivity contribution in [2.24, 2.45) is 0 Å². The first-order chi connectivity index (χ1) is 10.4. The normalized spacial score (nSPS) is 11.3. The van der Waals surface area contributed by atoms with Gasteiger partial charge in [0, 0.05) is 5.69 Å². The Morgan fingerprint density at radius 2 is 1.45 bits per heavy atom. The third kappa shape index (κ3) is 4.14. The second-order valence-corrected chi connectivity index (χ2v) is 6.65. The first kappa shape index (κ1) is 16.2. The molecule has 5 nitrogen and oxygen atoms in total. The van der Waals surface area contributed by atoms with Gasteiger partial charge in [0.05, 0.1) is 18.1 Å². The van der Waals surface area contributed by atoms with Gasteiger partial charge in [-0.2, -0.15) is 0 Å². The quantitative estimate of drug-likeness (QED) is 0.887. The Labute approximate surface area is 130 Å². The van der Waals surface area contributed by atoms with Crippen LogP contribution in [0.15, 0.2) is 53.4 Å². The van der Waals surface area contributed by atoms with Crippen molar-refractivity contribution in [1.82, 2.24) is 0 Å². The van der Waals surface area contributed by atoms with E-state index < -0.39 is 10.0 Å². The van der Waals surface area contributed by atoms with Crippen LogP contribution >= 0.6 is 0 Å². The molecule has 2 aromatic rings. The zero-order valence-corrected chi connectivity index (χ0v) is 13.6. The monoisotopic (exact) mass is 321 g/mol. The van der Waals surface area contributed by atoms with Gasteiger partial charge in [0.2, 0.25) is 0 Å². The van der Waals surface area contributed by atoms with E-state index in [1.165, 1.54) is 12.1 Å². The first-order valence-electron chi connectivity index (χ1n) is 6.84. The smallest absolute Gasteiger partial charge is 0.261 e. The summed E-state index contributed by atoms with van der Waals surface area (Å²) in [5.74, 6) is 1.30. The molecule has 0 saturated heterocycles. The van der Waals surface area contributed by atoms with Crippen LogP contribution in [0, 0.1) is 0 Å². The summed E-state index contributed by atoms with van der Waals surface area (Å²) in [5.41, 5.74) is 0.475. The van der Waals surface area contributed by atoms with Crippen molar-refractivity contribution in [3.05, 3.63) is 48.5 Å². The second-order valence-electron chi connectivity index (χ2n) is 4.97. The molecule has 0 aliphatic rings. The van der Waals surface area contributed by atoms with Crippen LogP contribution in [-0.2, 0) is 10.0 Å². The molecule has 0 radical (unpaired) electrons. The van der Waals surface area contributed by atoms with Crippen molar-refractivity contribution < 1.29 is 17.9 Å². The van der Waals surface area contributed by atoms with E-state index >= 15 is 0 Å². The van der Waals surface area contributed by atoms with Gasteiger partial charge in [-0.05, 0) is 62.4 Å². The summed E-state index contributed by atoms with van der Waals surface area (Å²) in [6.45, 7) is 3.83. The van der Waals surface area contributed by atoms with Gasteiger partial charge in [0.25, 0.3) is 10.0 Å². The van der Waals surface area contributed by atoms with Crippen molar-refractivity contribution >= 4 is 15.7 Å². The third-order valence-corrected chi connectivity index (χ3v) is 4.25. The number of ether oxygens (including phenoxy) is 2. The number of hydrogen-bond donors (Lipinski definition) is 1. The SMILES string of the molecule is COc1ccc(NS(=O)(=O)c2ccc(OC(C)C)cc2)cc1. The molecule has 0 aromatic heterocycles. The molecule has 0 spiro atoms. The van der Waals surface area contributed by atoms with Crippen molar-refractivity contribution in [3.63, 3.8) is 0 Å². The number of benzene rings is 2. The molecule has 0 aliphatic heterocycles. The molecule has 0 heterocycles. The molecule has 0 unspecified atom stereocenters. The van der Waals surface area contributed by atoms with Gasteiger partial charge in [0.15, 0.2) is 0 Å². The molecule has 2 rings (SSSR count). The van der Waals surface area contributed by atoms with E-state index in [0.717, 1.165) is 0 Å². The zero-order valence-electron chi connectivity index (χ0n) is 12.7. The molecule has 118 valence electrons. The van der Waals surface area contributed by atoms with Crippen LogP contribution in [-0.4, -0.2) is 21.6 Å². The molecule has 0 amide bonds. The van der Waals surface area contributed by atoms with Crippen LogP contribution in [0.5, 0.6) is 11.5 Å². The summed E-state index contributed by atoms with van der Waals surface area (Å²) >= 11 is 0. The summed E-state index contributed by atoms with van der Waals surface area (Å²) in [6.07, 6.45) is 0.0416. The zero-order chi connectivity index (χ0) is 16.2. The number of nitrogens with one attached hydrogen (secondary N) is 1. The molecule has 0 atom stereocenters. The average molecular weight is 321 g/mol. The van der Waals surface area contributed by atoms with E-state index in [0.29, 0.717) is 17.2 Å². The Bertz CT molecular complexity index is 707. The number of sulfonamides is 1. The Hall–Kier alpha value is -2.21. The van der Waals surface area contributed by atoms with E-state index in [4.69, 9.17) is 9.47 Å². The van der Waals surface area contributed by atoms with Gasteiger partial charge in [-0.1, -0.05) is 0 Å². The van der Waals surface area contributed by atoms with Crippen LogP contribution in [0.4, 0.5) is 5.69 Å². The fraction of sp³-hybridized carbons (Fsp3) is 0.250. The number of anilines is 1. The largest absolute Gasteiger partial charge is 0.497 e.